The zero-order chi connectivity index (χ0) is 15.0. The summed E-state index contributed by atoms with van der Waals surface area (Å²) < 4.78 is 14.3. The van der Waals surface area contributed by atoms with Gasteiger partial charge in [0.25, 0.3) is 11.5 Å². The van der Waals surface area contributed by atoms with E-state index in [1.165, 1.54) is 31.4 Å². The van der Waals surface area contributed by atoms with E-state index in [2.05, 4.69) is 5.32 Å². The summed E-state index contributed by atoms with van der Waals surface area (Å²) >= 11 is 0. The average Bonchev–Trinajstić information content (AvgIpc) is 2.42. The molecule has 1 heterocycles. The molecule has 0 unspecified atom stereocenters. The molecule has 1 aliphatic carbocycles. The predicted molar refractivity (Wildman–Crippen MR) is 75.8 cm³/mol. The van der Waals surface area contributed by atoms with Crippen molar-refractivity contribution in [2.45, 2.75) is 25.3 Å². The van der Waals surface area contributed by atoms with Gasteiger partial charge in [-0.2, -0.15) is 0 Å². The molecule has 0 saturated heterocycles. The van der Waals surface area contributed by atoms with Crippen LogP contribution in [-0.2, 0) is 0 Å². The van der Waals surface area contributed by atoms with Gasteiger partial charge < -0.3 is 10.2 Å². The van der Waals surface area contributed by atoms with E-state index < -0.39 is 11.4 Å². The van der Waals surface area contributed by atoms with E-state index >= 15 is 0 Å². The van der Waals surface area contributed by atoms with Gasteiger partial charge in [0.2, 0.25) is 0 Å². The molecule has 0 aliphatic heterocycles. The minimum absolute atomic E-state index is 0.0764. The van der Waals surface area contributed by atoms with Crippen LogP contribution in [0.1, 0.15) is 29.8 Å². The van der Waals surface area contributed by atoms with Crippen LogP contribution in [0.25, 0.3) is 10.8 Å². The molecule has 0 atom stereocenters. The van der Waals surface area contributed by atoms with Crippen LogP contribution in [0.2, 0.25) is 0 Å². The first-order valence-corrected chi connectivity index (χ1v) is 6.81. The molecule has 0 bridgehead atoms. The van der Waals surface area contributed by atoms with Gasteiger partial charge in [-0.1, -0.05) is 0 Å². The summed E-state index contributed by atoms with van der Waals surface area (Å²) in [6, 6.07) is 5.43. The van der Waals surface area contributed by atoms with Gasteiger partial charge in [-0.15, -0.1) is 4.73 Å². The number of aromatic nitrogens is 1. The molecule has 1 aliphatic rings. The van der Waals surface area contributed by atoms with Crippen molar-refractivity contribution in [3.8, 4) is 0 Å². The summed E-state index contributed by atoms with van der Waals surface area (Å²) in [6.45, 7) is 0. The number of pyridine rings is 1. The topological polar surface area (TPSA) is 60.3 Å². The predicted octanol–water partition coefficient (Wildman–Crippen LogP) is 1.48. The molecule has 1 saturated carbocycles. The third-order valence-corrected chi connectivity index (χ3v) is 3.80. The Bertz CT molecular complexity index is 765. The number of hydrogen-bond acceptors (Lipinski definition) is 3. The third-order valence-electron chi connectivity index (χ3n) is 3.80. The highest BCUT2D eigenvalue weighted by atomic mass is 19.1. The molecule has 1 N–H and O–H groups in total. The number of halogens is 1. The Morgan fingerprint density at radius 2 is 2.14 bits per heavy atom. The highest BCUT2D eigenvalue weighted by molar-refractivity contribution is 5.96. The number of fused-ring (bicyclic) bond motifs is 1. The number of nitrogens with zero attached hydrogens (tertiary/aromatic N) is 1. The van der Waals surface area contributed by atoms with Crippen molar-refractivity contribution >= 4 is 16.7 Å². The Morgan fingerprint density at radius 1 is 1.38 bits per heavy atom. The van der Waals surface area contributed by atoms with Gasteiger partial charge in [-0.05, 0) is 48.9 Å². The fourth-order valence-corrected chi connectivity index (χ4v) is 2.42. The average molecular weight is 290 g/mol. The van der Waals surface area contributed by atoms with E-state index in [-0.39, 0.29) is 17.6 Å². The van der Waals surface area contributed by atoms with Crippen molar-refractivity contribution in [2.75, 3.05) is 7.11 Å². The number of nitrogens with one attached hydrogen (secondary N) is 1. The van der Waals surface area contributed by atoms with Crippen LogP contribution in [0, 0.1) is 5.82 Å². The van der Waals surface area contributed by atoms with E-state index in [0.717, 1.165) is 24.0 Å². The summed E-state index contributed by atoms with van der Waals surface area (Å²) in [4.78, 5) is 29.6. The van der Waals surface area contributed by atoms with Crippen molar-refractivity contribution in [3.05, 3.63) is 46.1 Å². The lowest BCUT2D eigenvalue weighted by Gasteiger charge is -2.26. The number of amides is 1. The number of carbonyl (C=O) groups excluding carboxylic acids is 1. The van der Waals surface area contributed by atoms with E-state index in [0.29, 0.717) is 10.8 Å². The second kappa shape index (κ2) is 5.20. The Kier molecular flexibility index (Phi) is 3.37. The quantitative estimate of drug-likeness (QED) is 0.931. The standard InChI is InChI=1S/C15H15FN2O3/c1-21-18-13(14(19)17-11-3-2-4-11)8-9-7-10(16)5-6-12(9)15(18)20/h5-8,11H,2-4H2,1H3,(H,17,19). The Labute approximate surface area is 120 Å². The maximum absolute atomic E-state index is 13.3. The Hall–Kier alpha value is -2.37. The van der Waals surface area contributed by atoms with Crippen LogP contribution < -0.4 is 15.7 Å². The molecule has 110 valence electrons. The lowest BCUT2D eigenvalue weighted by Crippen LogP contribution is -2.42. The maximum Gasteiger partial charge on any atom is 0.291 e. The molecule has 21 heavy (non-hydrogen) atoms. The van der Waals surface area contributed by atoms with Gasteiger partial charge in [0, 0.05) is 6.04 Å². The van der Waals surface area contributed by atoms with Gasteiger partial charge in [0.05, 0.1) is 5.39 Å². The number of carbonyl (C=O) groups is 1. The summed E-state index contributed by atoms with van der Waals surface area (Å²) in [5.74, 6) is -0.841. The van der Waals surface area contributed by atoms with Gasteiger partial charge in [0.1, 0.15) is 18.6 Å². The van der Waals surface area contributed by atoms with Crippen LogP contribution in [0.4, 0.5) is 4.39 Å². The van der Waals surface area contributed by atoms with E-state index in [1.807, 2.05) is 0 Å². The number of hydrogen-bond donors (Lipinski definition) is 1. The van der Waals surface area contributed by atoms with Gasteiger partial charge in [-0.3, -0.25) is 9.59 Å². The van der Waals surface area contributed by atoms with E-state index in [4.69, 9.17) is 4.84 Å². The molecule has 5 nitrogen and oxygen atoms in total. The molecule has 1 amide bonds. The highest BCUT2D eigenvalue weighted by Crippen LogP contribution is 2.19. The molecule has 1 aromatic heterocycles. The summed E-state index contributed by atoms with van der Waals surface area (Å²) in [5, 5.41) is 3.53. The Morgan fingerprint density at radius 3 is 2.76 bits per heavy atom. The smallest absolute Gasteiger partial charge is 0.291 e. The highest BCUT2D eigenvalue weighted by Gasteiger charge is 2.23. The summed E-state index contributed by atoms with van der Waals surface area (Å²) in [7, 11) is 1.32. The van der Waals surface area contributed by atoms with Crippen LogP contribution >= 0.6 is 0 Å². The van der Waals surface area contributed by atoms with Crippen molar-refractivity contribution in [3.63, 3.8) is 0 Å². The first-order chi connectivity index (χ1) is 10.1. The summed E-state index contributed by atoms with van der Waals surface area (Å²) in [5.41, 5.74) is -0.402. The van der Waals surface area contributed by atoms with Crippen molar-refractivity contribution in [2.24, 2.45) is 0 Å². The molecule has 1 aromatic carbocycles. The van der Waals surface area contributed by atoms with E-state index in [1.54, 1.807) is 0 Å². The van der Waals surface area contributed by atoms with Crippen LogP contribution in [0.5, 0.6) is 0 Å². The fourth-order valence-electron chi connectivity index (χ4n) is 2.42. The van der Waals surface area contributed by atoms with Crippen molar-refractivity contribution < 1.29 is 14.0 Å². The van der Waals surface area contributed by atoms with Crippen LogP contribution in [0.15, 0.2) is 29.1 Å². The molecule has 2 aromatic rings. The van der Waals surface area contributed by atoms with E-state index in [9.17, 15) is 14.0 Å². The van der Waals surface area contributed by atoms with Crippen LogP contribution in [0.3, 0.4) is 0 Å². The second-order valence-electron chi connectivity index (χ2n) is 5.14. The monoisotopic (exact) mass is 290 g/mol. The largest absolute Gasteiger partial charge is 0.413 e. The van der Waals surface area contributed by atoms with Gasteiger partial charge in [-0.25, -0.2) is 4.39 Å². The molecule has 0 spiro atoms. The molecule has 6 heteroatoms. The number of benzene rings is 1. The first kappa shape index (κ1) is 13.6. The second-order valence-corrected chi connectivity index (χ2v) is 5.14. The molecule has 1 fully saturated rings. The fraction of sp³-hybridized carbons (Fsp3) is 0.333. The Balaban J connectivity index is 2.11. The lowest BCUT2D eigenvalue weighted by atomic mass is 9.93. The normalized spacial score (nSPS) is 14.8. The molecular weight excluding hydrogens is 275 g/mol. The zero-order valence-corrected chi connectivity index (χ0v) is 11.6. The molecular formula is C15H15FN2O3. The summed E-state index contributed by atoms with van der Waals surface area (Å²) in [6.07, 6.45) is 2.96. The molecule has 0 radical (unpaired) electrons. The van der Waals surface area contributed by atoms with Gasteiger partial charge >= 0.3 is 0 Å². The maximum atomic E-state index is 13.3. The van der Waals surface area contributed by atoms with Gasteiger partial charge in [0.15, 0.2) is 0 Å². The third kappa shape index (κ3) is 2.37. The van der Waals surface area contributed by atoms with Crippen molar-refractivity contribution in [1.82, 2.24) is 10.0 Å². The zero-order valence-electron chi connectivity index (χ0n) is 11.6. The minimum Gasteiger partial charge on any atom is -0.413 e. The van der Waals surface area contributed by atoms with Crippen molar-refractivity contribution in [1.29, 1.82) is 0 Å². The van der Waals surface area contributed by atoms with Crippen LogP contribution in [-0.4, -0.2) is 23.8 Å². The number of rotatable bonds is 3. The first-order valence-electron chi connectivity index (χ1n) is 6.81. The lowest BCUT2D eigenvalue weighted by molar-refractivity contribution is 0.0849. The molecule has 3 rings (SSSR count). The SMILES string of the molecule is COn1c(C(=O)NC2CCC2)cc2cc(F)ccc2c1=O. The minimum atomic E-state index is -0.478.